The number of piperazine rings is 1. The lowest BCUT2D eigenvalue weighted by molar-refractivity contribution is 0.107. The Morgan fingerprint density at radius 2 is 2.09 bits per heavy atom. The van der Waals surface area contributed by atoms with Crippen LogP contribution in [0.1, 0.15) is 32.1 Å². The van der Waals surface area contributed by atoms with Gasteiger partial charge in [-0.1, -0.05) is 23.8 Å². The number of pyridine rings is 1. The Bertz CT molecular complexity index is 1180. The van der Waals surface area contributed by atoms with Crippen molar-refractivity contribution < 1.29 is 19.0 Å². The van der Waals surface area contributed by atoms with E-state index in [9.17, 15) is 9.90 Å². The second-order valence-corrected chi connectivity index (χ2v) is 10.3. The molecule has 4 aliphatic rings. The highest BCUT2D eigenvalue weighted by Crippen LogP contribution is 2.41. The molecule has 4 aliphatic heterocycles. The van der Waals surface area contributed by atoms with Gasteiger partial charge in [-0.15, -0.1) is 0 Å². The highest BCUT2D eigenvalue weighted by Gasteiger charge is 2.47. The number of nitrogens with zero attached hydrogens (tertiary/aromatic N) is 6. The van der Waals surface area contributed by atoms with Gasteiger partial charge in [0.05, 0.1) is 23.0 Å². The number of aromatic nitrogens is 3. The molecule has 2 aromatic heterocycles. The quantitative estimate of drug-likeness (QED) is 0.517. The minimum absolute atomic E-state index is 0.0598. The van der Waals surface area contributed by atoms with Gasteiger partial charge in [0, 0.05) is 25.8 Å². The van der Waals surface area contributed by atoms with Crippen LogP contribution >= 0.6 is 11.6 Å². The predicted molar refractivity (Wildman–Crippen MR) is 124 cm³/mol. The normalized spacial score (nSPS) is 28.7. The molecular formula is C23H26ClFN6O3. The summed E-state index contributed by atoms with van der Waals surface area (Å²) in [6.07, 6.45) is 5.15. The molecule has 4 saturated heterocycles. The highest BCUT2D eigenvalue weighted by molar-refractivity contribution is 6.30. The molecule has 0 saturated carbocycles. The summed E-state index contributed by atoms with van der Waals surface area (Å²) >= 11 is 5.97. The SMILES string of the molecule is C=C1CN2CCC[C@]2(COc2nc(N3C[C@H]4CC[C@@H](C3)N4C(=O)O)c3cnc(Cl)c(F)c3n2)C1. The molecule has 6 heterocycles. The monoisotopic (exact) mass is 488 g/mol. The Kier molecular flexibility index (Phi) is 5.07. The van der Waals surface area contributed by atoms with E-state index in [-0.39, 0.29) is 34.3 Å². The van der Waals surface area contributed by atoms with Gasteiger partial charge < -0.3 is 14.7 Å². The molecule has 0 radical (unpaired) electrons. The van der Waals surface area contributed by atoms with Gasteiger partial charge in [0.2, 0.25) is 0 Å². The van der Waals surface area contributed by atoms with Gasteiger partial charge in [0.1, 0.15) is 17.9 Å². The summed E-state index contributed by atoms with van der Waals surface area (Å²) in [4.78, 5) is 30.7. The third-order valence-corrected chi connectivity index (χ3v) is 8.07. The molecule has 6 rings (SSSR count). The Balaban J connectivity index is 1.35. The molecule has 0 aromatic carbocycles. The van der Waals surface area contributed by atoms with Crippen LogP contribution in [0.15, 0.2) is 18.3 Å². The van der Waals surface area contributed by atoms with E-state index < -0.39 is 11.9 Å². The van der Waals surface area contributed by atoms with E-state index in [0.717, 1.165) is 45.2 Å². The number of ether oxygens (including phenoxy) is 1. The van der Waals surface area contributed by atoms with E-state index in [4.69, 9.17) is 16.3 Å². The highest BCUT2D eigenvalue weighted by atomic mass is 35.5. The van der Waals surface area contributed by atoms with E-state index in [1.54, 1.807) is 0 Å². The second-order valence-electron chi connectivity index (χ2n) is 9.90. The van der Waals surface area contributed by atoms with Crippen molar-refractivity contribution in [3.05, 3.63) is 29.3 Å². The Labute approximate surface area is 201 Å². The van der Waals surface area contributed by atoms with Crippen molar-refractivity contribution in [2.75, 3.05) is 37.7 Å². The fourth-order valence-corrected chi connectivity index (χ4v) is 6.48. The summed E-state index contributed by atoms with van der Waals surface area (Å²) in [5, 5.41) is 9.78. The number of hydrogen-bond acceptors (Lipinski definition) is 7. The number of rotatable bonds is 4. The molecule has 1 amide bonds. The van der Waals surface area contributed by atoms with Crippen LogP contribution in [0.2, 0.25) is 5.15 Å². The van der Waals surface area contributed by atoms with E-state index in [0.29, 0.717) is 30.9 Å². The van der Waals surface area contributed by atoms with Gasteiger partial charge in [-0.3, -0.25) is 9.80 Å². The van der Waals surface area contributed by atoms with Crippen LogP contribution in [0, 0.1) is 5.82 Å². The fraction of sp³-hybridized carbons (Fsp3) is 0.565. The van der Waals surface area contributed by atoms with Crippen molar-refractivity contribution in [2.45, 2.75) is 49.7 Å². The summed E-state index contributed by atoms with van der Waals surface area (Å²) in [7, 11) is 0. The topological polar surface area (TPSA) is 94.9 Å². The second kappa shape index (κ2) is 7.91. The summed E-state index contributed by atoms with van der Waals surface area (Å²) < 4.78 is 21.1. The zero-order chi connectivity index (χ0) is 23.6. The zero-order valence-electron chi connectivity index (χ0n) is 18.7. The molecule has 34 heavy (non-hydrogen) atoms. The molecule has 0 aliphatic carbocycles. The number of carbonyl (C=O) groups is 1. The molecule has 2 bridgehead atoms. The standard InChI is InChI=1S/C23H26ClFN6O3/c1-13-7-23(5-2-6-30(23)9-13)12-34-21-27-18-16(8-26-19(24)17(18)25)20(28-21)29-10-14-3-4-15(11-29)31(14)22(32)33/h8,14-15H,1-7,9-12H2,(H,32,33)/t14-,15+,23-/m1/s1. The van der Waals surface area contributed by atoms with E-state index in [1.807, 2.05) is 4.90 Å². The van der Waals surface area contributed by atoms with Gasteiger partial charge in [0.15, 0.2) is 11.0 Å². The van der Waals surface area contributed by atoms with Crippen LogP contribution < -0.4 is 9.64 Å². The van der Waals surface area contributed by atoms with Crippen LogP contribution in [0.4, 0.5) is 15.0 Å². The average Bonchev–Trinajstić information content (AvgIpc) is 3.42. The largest absolute Gasteiger partial charge is 0.465 e. The van der Waals surface area contributed by atoms with Crippen LogP contribution in [0.5, 0.6) is 6.01 Å². The maximum Gasteiger partial charge on any atom is 0.407 e. The minimum atomic E-state index is -0.901. The first-order valence-corrected chi connectivity index (χ1v) is 12.0. The number of amides is 1. The maximum atomic E-state index is 15.0. The Morgan fingerprint density at radius 3 is 2.82 bits per heavy atom. The molecule has 2 aromatic rings. The molecule has 3 atom stereocenters. The minimum Gasteiger partial charge on any atom is -0.465 e. The molecule has 180 valence electrons. The first-order chi connectivity index (χ1) is 16.3. The number of fused-ring (bicyclic) bond motifs is 4. The van der Waals surface area contributed by atoms with Crippen LogP contribution in [0.3, 0.4) is 0 Å². The first-order valence-electron chi connectivity index (χ1n) is 11.7. The van der Waals surface area contributed by atoms with Gasteiger partial charge in [0.25, 0.3) is 0 Å². The number of anilines is 1. The van der Waals surface area contributed by atoms with Crippen LogP contribution in [-0.4, -0.2) is 86.4 Å². The molecule has 0 spiro atoms. The molecule has 1 N–H and O–H groups in total. The third-order valence-electron chi connectivity index (χ3n) is 7.81. The lowest BCUT2D eigenvalue weighted by atomic mass is 9.94. The summed E-state index contributed by atoms with van der Waals surface area (Å²) in [6.45, 7) is 7.38. The maximum absolute atomic E-state index is 15.0. The van der Waals surface area contributed by atoms with E-state index in [2.05, 4.69) is 26.4 Å². The van der Waals surface area contributed by atoms with E-state index in [1.165, 1.54) is 16.7 Å². The van der Waals surface area contributed by atoms with Crippen LogP contribution in [0.25, 0.3) is 10.9 Å². The molecule has 11 heteroatoms. The molecule has 9 nitrogen and oxygen atoms in total. The zero-order valence-corrected chi connectivity index (χ0v) is 19.5. The summed E-state index contributed by atoms with van der Waals surface area (Å²) in [5.74, 6) is -0.212. The van der Waals surface area contributed by atoms with E-state index >= 15 is 4.39 Å². The Hall–Kier alpha value is -2.72. The van der Waals surface area contributed by atoms with Gasteiger partial charge >= 0.3 is 12.1 Å². The number of halogens is 2. The predicted octanol–water partition coefficient (Wildman–Crippen LogP) is 3.32. The number of hydrogen-bond donors (Lipinski definition) is 1. The molecular weight excluding hydrogens is 463 g/mol. The third kappa shape index (κ3) is 3.38. The lowest BCUT2D eigenvalue weighted by Crippen LogP contribution is -2.55. The van der Waals surface area contributed by atoms with Gasteiger partial charge in [-0.2, -0.15) is 9.97 Å². The molecule has 4 fully saturated rings. The van der Waals surface area contributed by atoms with Crippen LogP contribution in [-0.2, 0) is 0 Å². The van der Waals surface area contributed by atoms with Crippen molar-refractivity contribution in [2.24, 2.45) is 0 Å². The molecule has 0 unspecified atom stereocenters. The van der Waals surface area contributed by atoms with Crippen molar-refractivity contribution in [3.63, 3.8) is 0 Å². The lowest BCUT2D eigenvalue weighted by Gasteiger charge is -2.40. The number of carboxylic acid groups (broad SMARTS) is 1. The first kappa shape index (κ1) is 21.8. The smallest absolute Gasteiger partial charge is 0.407 e. The van der Waals surface area contributed by atoms with Crippen molar-refractivity contribution in [1.82, 2.24) is 24.8 Å². The van der Waals surface area contributed by atoms with Gasteiger partial charge in [-0.05, 0) is 38.6 Å². The average molecular weight is 489 g/mol. The van der Waals surface area contributed by atoms with Crippen molar-refractivity contribution in [3.8, 4) is 6.01 Å². The summed E-state index contributed by atoms with van der Waals surface area (Å²) in [6, 6.07) is -0.173. The van der Waals surface area contributed by atoms with Gasteiger partial charge in [-0.25, -0.2) is 14.2 Å². The van der Waals surface area contributed by atoms with Crippen molar-refractivity contribution in [1.29, 1.82) is 0 Å². The Morgan fingerprint density at radius 1 is 1.32 bits per heavy atom. The van der Waals surface area contributed by atoms with Crippen molar-refractivity contribution >= 4 is 34.4 Å². The fourth-order valence-electron chi connectivity index (χ4n) is 6.34. The summed E-state index contributed by atoms with van der Waals surface area (Å²) in [5.41, 5.74) is 1.14.